The first-order valence-corrected chi connectivity index (χ1v) is 9.14. The van der Waals surface area contributed by atoms with Crippen molar-refractivity contribution in [2.75, 3.05) is 34.4 Å². The summed E-state index contributed by atoms with van der Waals surface area (Å²) in [5.41, 5.74) is 2.13. The van der Waals surface area contributed by atoms with Crippen LogP contribution in [0.5, 0.6) is 11.5 Å². The van der Waals surface area contributed by atoms with Crippen LogP contribution in [0.15, 0.2) is 18.2 Å². The van der Waals surface area contributed by atoms with Gasteiger partial charge in [0, 0.05) is 25.2 Å². The predicted octanol–water partition coefficient (Wildman–Crippen LogP) is 1.80. The molecule has 146 valence electrons. The van der Waals surface area contributed by atoms with Crippen molar-refractivity contribution < 1.29 is 14.3 Å². The third-order valence-corrected chi connectivity index (χ3v) is 5.03. The summed E-state index contributed by atoms with van der Waals surface area (Å²) >= 11 is 0. The third-order valence-electron chi connectivity index (χ3n) is 5.03. The normalized spacial score (nSPS) is 14.8. The Hall–Kier alpha value is -2.61. The highest BCUT2D eigenvalue weighted by Gasteiger charge is 2.25. The zero-order valence-electron chi connectivity index (χ0n) is 16.4. The van der Waals surface area contributed by atoms with E-state index >= 15 is 0 Å². The Morgan fingerprint density at radius 3 is 2.70 bits per heavy atom. The van der Waals surface area contributed by atoms with E-state index in [-0.39, 0.29) is 5.91 Å². The second-order valence-electron chi connectivity index (χ2n) is 6.79. The van der Waals surface area contributed by atoms with E-state index in [9.17, 15) is 4.79 Å². The van der Waals surface area contributed by atoms with E-state index in [1.807, 2.05) is 29.8 Å². The number of aromatic nitrogens is 3. The van der Waals surface area contributed by atoms with E-state index in [4.69, 9.17) is 9.47 Å². The van der Waals surface area contributed by atoms with Crippen molar-refractivity contribution in [3.63, 3.8) is 0 Å². The number of carbonyl (C=O) groups excluding carboxylic acids is 1. The van der Waals surface area contributed by atoms with Crippen LogP contribution in [0.4, 0.5) is 0 Å². The number of benzene rings is 1. The maximum Gasteiger partial charge on any atom is 0.276 e. The molecule has 1 aliphatic rings. The van der Waals surface area contributed by atoms with Gasteiger partial charge in [-0.05, 0) is 45.0 Å². The monoisotopic (exact) mass is 373 g/mol. The van der Waals surface area contributed by atoms with Gasteiger partial charge in [-0.2, -0.15) is 0 Å². The van der Waals surface area contributed by atoms with Crippen LogP contribution in [0.1, 0.15) is 40.6 Å². The number of rotatable bonds is 6. The summed E-state index contributed by atoms with van der Waals surface area (Å²) in [6, 6.07) is 5.87. The molecule has 27 heavy (non-hydrogen) atoms. The fraction of sp³-hybridized carbons (Fsp3) is 0.526. The summed E-state index contributed by atoms with van der Waals surface area (Å²) in [7, 11) is 4.97. The van der Waals surface area contributed by atoms with E-state index < -0.39 is 0 Å². The average molecular weight is 373 g/mol. The van der Waals surface area contributed by atoms with Crippen LogP contribution in [-0.4, -0.2) is 60.2 Å². The molecule has 0 saturated carbocycles. The number of amides is 1. The highest BCUT2D eigenvalue weighted by atomic mass is 16.5. The lowest BCUT2D eigenvalue weighted by molar-refractivity contribution is 0.0777. The molecule has 1 fully saturated rings. The third kappa shape index (κ3) is 4.05. The van der Waals surface area contributed by atoms with Gasteiger partial charge in [0.15, 0.2) is 5.69 Å². The molecule has 0 unspecified atom stereocenters. The average Bonchev–Trinajstić information content (AvgIpc) is 3.09. The predicted molar refractivity (Wildman–Crippen MR) is 101 cm³/mol. The second-order valence-corrected chi connectivity index (χ2v) is 6.79. The fourth-order valence-electron chi connectivity index (χ4n) is 3.43. The number of hydrogen-bond acceptors (Lipinski definition) is 6. The van der Waals surface area contributed by atoms with Gasteiger partial charge in [-0.3, -0.25) is 4.79 Å². The largest absolute Gasteiger partial charge is 0.497 e. The van der Waals surface area contributed by atoms with Gasteiger partial charge in [-0.25, -0.2) is 4.68 Å². The van der Waals surface area contributed by atoms with Crippen molar-refractivity contribution >= 4 is 5.91 Å². The lowest BCUT2D eigenvalue weighted by atomic mass is 10.1. The van der Waals surface area contributed by atoms with Crippen LogP contribution < -0.4 is 14.8 Å². The number of methoxy groups -OCH3 is 2. The van der Waals surface area contributed by atoms with E-state index in [2.05, 4.69) is 15.6 Å². The molecule has 1 amide bonds. The summed E-state index contributed by atoms with van der Waals surface area (Å²) in [4.78, 5) is 14.6. The van der Waals surface area contributed by atoms with Crippen LogP contribution in [-0.2, 0) is 6.54 Å². The minimum atomic E-state index is -0.148. The Labute approximate surface area is 159 Å². The molecule has 0 atom stereocenters. The van der Waals surface area contributed by atoms with Gasteiger partial charge in [0.25, 0.3) is 5.91 Å². The first kappa shape index (κ1) is 19.2. The molecule has 1 N–H and O–H groups in total. The summed E-state index contributed by atoms with van der Waals surface area (Å²) in [5.74, 6) is 1.25. The maximum absolute atomic E-state index is 12.9. The van der Waals surface area contributed by atoms with Crippen LogP contribution in [0.2, 0.25) is 0 Å². The first-order valence-electron chi connectivity index (χ1n) is 9.14. The molecule has 2 heterocycles. The van der Waals surface area contributed by atoms with E-state index in [1.54, 1.807) is 26.2 Å². The van der Waals surface area contributed by atoms with Crippen molar-refractivity contribution in [3.05, 3.63) is 35.2 Å². The van der Waals surface area contributed by atoms with Gasteiger partial charge in [-0.15, -0.1) is 5.10 Å². The summed E-state index contributed by atoms with van der Waals surface area (Å²) in [6.45, 7) is 4.25. The molecule has 1 aromatic heterocycles. The molecule has 2 aromatic rings. The number of hydrogen-bond donors (Lipinski definition) is 1. The molecule has 0 radical (unpaired) electrons. The molecule has 0 aliphatic carbocycles. The van der Waals surface area contributed by atoms with Crippen LogP contribution >= 0.6 is 0 Å². The molecule has 1 saturated heterocycles. The number of nitrogens with zero attached hydrogens (tertiary/aromatic N) is 4. The summed E-state index contributed by atoms with van der Waals surface area (Å²) in [5, 5.41) is 11.8. The second kappa shape index (κ2) is 8.39. The zero-order valence-corrected chi connectivity index (χ0v) is 16.4. The Morgan fingerprint density at radius 2 is 2.04 bits per heavy atom. The summed E-state index contributed by atoms with van der Waals surface area (Å²) in [6.07, 6.45) is 1.99. The van der Waals surface area contributed by atoms with E-state index in [1.165, 1.54) is 0 Å². The van der Waals surface area contributed by atoms with E-state index in [0.29, 0.717) is 29.8 Å². The van der Waals surface area contributed by atoms with Crippen molar-refractivity contribution in [3.8, 4) is 11.5 Å². The molecule has 0 bridgehead atoms. The van der Waals surface area contributed by atoms with Gasteiger partial charge in [0.1, 0.15) is 11.5 Å². The van der Waals surface area contributed by atoms with Crippen molar-refractivity contribution in [1.29, 1.82) is 0 Å². The molecule has 3 rings (SSSR count). The lowest BCUT2D eigenvalue weighted by Gasteiger charge is -2.23. The minimum Gasteiger partial charge on any atom is -0.497 e. The Balaban J connectivity index is 1.75. The summed E-state index contributed by atoms with van der Waals surface area (Å²) < 4.78 is 12.5. The van der Waals surface area contributed by atoms with Crippen LogP contribution in [0.3, 0.4) is 0 Å². The van der Waals surface area contributed by atoms with Gasteiger partial charge in [0.05, 0.1) is 26.0 Å². The zero-order chi connectivity index (χ0) is 19.4. The molecule has 8 nitrogen and oxygen atoms in total. The number of carbonyl (C=O) groups is 1. The van der Waals surface area contributed by atoms with Gasteiger partial charge in [0.2, 0.25) is 0 Å². The SMILES string of the molecule is COc1ccc(CN(C)C(=O)c2nnn(C3CCNCC3)c2C)c(OC)c1. The topological polar surface area (TPSA) is 81.5 Å². The van der Waals surface area contributed by atoms with Gasteiger partial charge in [-0.1, -0.05) is 5.21 Å². The Bertz CT molecular complexity index is 799. The minimum absolute atomic E-state index is 0.148. The Morgan fingerprint density at radius 1 is 1.30 bits per heavy atom. The smallest absolute Gasteiger partial charge is 0.276 e. The fourth-order valence-corrected chi connectivity index (χ4v) is 3.43. The highest BCUT2D eigenvalue weighted by Crippen LogP contribution is 2.26. The standard InChI is InChI=1S/C19H27N5O3/c1-13-18(21-22-24(13)15-7-9-20-10-8-15)19(25)23(2)12-14-5-6-16(26-3)11-17(14)27-4/h5-6,11,15,20H,7-10,12H2,1-4H3. The van der Waals surface area contributed by atoms with Crippen molar-refractivity contribution in [1.82, 2.24) is 25.2 Å². The first-order chi connectivity index (χ1) is 13.0. The van der Waals surface area contributed by atoms with Crippen molar-refractivity contribution in [2.24, 2.45) is 0 Å². The quantitative estimate of drug-likeness (QED) is 0.832. The van der Waals surface area contributed by atoms with Crippen molar-refractivity contribution in [2.45, 2.75) is 32.4 Å². The number of nitrogens with one attached hydrogen (secondary N) is 1. The Kier molecular flexibility index (Phi) is 5.95. The molecule has 8 heteroatoms. The molecule has 1 aromatic carbocycles. The molecular weight excluding hydrogens is 346 g/mol. The number of ether oxygens (including phenoxy) is 2. The van der Waals surface area contributed by atoms with E-state index in [0.717, 1.165) is 37.2 Å². The maximum atomic E-state index is 12.9. The van der Waals surface area contributed by atoms with Crippen LogP contribution in [0, 0.1) is 6.92 Å². The lowest BCUT2D eigenvalue weighted by Crippen LogP contribution is -2.30. The molecule has 1 aliphatic heterocycles. The van der Waals surface area contributed by atoms with Gasteiger partial charge >= 0.3 is 0 Å². The number of piperidine rings is 1. The van der Waals surface area contributed by atoms with Gasteiger partial charge < -0.3 is 19.7 Å². The van der Waals surface area contributed by atoms with Crippen LogP contribution in [0.25, 0.3) is 0 Å². The molecule has 0 spiro atoms. The molecular formula is C19H27N5O3. The highest BCUT2D eigenvalue weighted by molar-refractivity contribution is 5.93.